The van der Waals surface area contributed by atoms with Gasteiger partial charge in [-0.2, -0.15) is 0 Å². The SMILES string of the molecule is COc1cc2c(cc1OC)C(c1cccs1)N(C(=S)Nc1cc(C)ccc1C)CC2. The van der Waals surface area contributed by atoms with Gasteiger partial charge in [0, 0.05) is 17.1 Å². The van der Waals surface area contributed by atoms with Gasteiger partial charge in [-0.05, 0) is 84.4 Å². The summed E-state index contributed by atoms with van der Waals surface area (Å²) >= 11 is 7.66. The minimum atomic E-state index is 0.0404. The fourth-order valence-electron chi connectivity index (χ4n) is 3.98. The van der Waals surface area contributed by atoms with Crippen molar-refractivity contribution in [2.24, 2.45) is 0 Å². The van der Waals surface area contributed by atoms with Crippen molar-refractivity contribution in [2.45, 2.75) is 26.3 Å². The predicted octanol–water partition coefficient (Wildman–Crippen LogP) is 5.73. The first-order chi connectivity index (χ1) is 14.5. The third-order valence-electron chi connectivity index (χ3n) is 5.58. The lowest BCUT2D eigenvalue weighted by Gasteiger charge is -2.39. The second-order valence-electron chi connectivity index (χ2n) is 7.52. The molecular weight excluding hydrogens is 412 g/mol. The normalized spacial score (nSPS) is 15.5. The largest absolute Gasteiger partial charge is 0.493 e. The van der Waals surface area contributed by atoms with Gasteiger partial charge in [0.15, 0.2) is 16.6 Å². The van der Waals surface area contributed by atoms with E-state index < -0.39 is 0 Å². The average Bonchev–Trinajstić information content (AvgIpc) is 3.28. The molecule has 0 fully saturated rings. The smallest absolute Gasteiger partial charge is 0.174 e. The zero-order valence-corrected chi connectivity index (χ0v) is 19.3. The van der Waals surface area contributed by atoms with Crippen LogP contribution in [-0.2, 0) is 6.42 Å². The molecule has 0 bridgehead atoms. The van der Waals surface area contributed by atoms with Crippen molar-refractivity contribution in [3.63, 3.8) is 0 Å². The number of methoxy groups -OCH3 is 2. The Morgan fingerprint density at radius 2 is 1.87 bits per heavy atom. The minimum absolute atomic E-state index is 0.0404. The molecule has 0 saturated carbocycles. The molecule has 1 aliphatic heterocycles. The molecule has 2 aromatic carbocycles. The lowest BCUT2D eigenvalue weighted by molar-refractivity contribution is 0.333. The van der Waals surface area contributed by atoms with Crippen LogP contribution in [0.3, 0.4) is 0 Å². The maximum atomic E-state index is 5.91. The quantitative estimate of drug-likeness (QED) is 0.527. The van der Waals surface area contributed by atoms with Gasteiger partial charge >= 0.3 is 0 Å². The molecule has 3 aromatic rings. The second-order valence-corrected chi connectivity index (χ2v) is 8.88. The molecule has 30 heavy (non-hydrogen) atoms. The van der Waals surface area contributed by atoms with Crippen LogP contribution in [0.5, 0.6) is 11.5 Å². The molecule has 1 unspecified atom stereocenters. The van der Waals surface area contributed by atoms with Gasteiger partial charge in [-0.15, -0.1) is 11.3 Å². The Morgan fingerprint density at radius 3 is 2.57 bits per heavy atom. The van der Waals surface area contributed by atoms with E-state index in [1.165, 1.54) is 27.1 Å². The molecule has 1 aromatic heterocycles. The first-order valence-electron chi connectivity index (χ1n) is 9.95. The first-order valence-corrected chi connectivity index (χ1v) is 11.2. The monoisotopic (exact) mass is 438 g/mol. The number of benzene rings is 2. The van der Waals surface area contributed by atoms with E-state index in [4.69, 9.17) is 21.7 Å². The van der Waals surface area contributed by atoms with E-state index in [-0.39, 0.29) is 6.04 Å². The van der Waals surface area contributed by atoms with Crippen LogP contribution in [0.2, 0.25) is 0 Å². The fraction of sp³-hybridized carbons (Fsp3) is 0.292. The van der Waals surface area contributed by atoms with Crippen LogP contribution in [-0.4, -0.2) is 30.8 Å². The van der Waals surface area contributed by atoms with Crippen LogP contribution in [0.15, 0.2) is 47.8 Å². The summed E-state index contributed by atoms with van der Waals surface area (Å²) in [6.07, 6.45) is 0.895. The Balaban J connectivity index is 1.74. The minimum Gasteiger partial charge on any atom is -0.493 e. The highest BCUT2D eigenvalue weighted by molar-refractivity contribution is 7.80. The summed E-state index contributed by atoms with van der Waals surface area (Å²) in [5.74, 6) is 1.51. The molecule has 6 heteroatoms. The highest BCUT2D eigenvalue weighted by Crippen LogP contribution is 2.42. The van der Waals surface area contributed by atoms with Crippen LogP contribution >= 0.6 is 23.6 Å². The molecule has 0 amide bonds. The van der Waals surface area contributed by atoms with Crippen molar-refractivity contribution < 1.29 is 9.47 Å². The van der Waals surface area contributed by atoms with Crippen molar-refractivity contribution in [2.75, 3.05) is 26.1 Å². The highest BCUT2D eigenvalue weighted by Gasteiger charge is 2.32. The summed E-state index contributed by atoms with van der Waals surface area (Å²) in [7, 11) is 3.36. The molecule has 2 heterocycles. The molecule has 0 saturated heterocycles. The van der Waals surface area contributed by atoms with Gasteiger partial charge in [0.1, 0.15) is 0 Å². The number of aryl methyl sites for hydroxylation is 2. The fourth-order valence-corrected chi connectivity index (χ4v) is 5.14. The summed E-state index contributed by atoms with van der Waals surface area (Å²) in [6, 6.07) is 14.9. The Kier molecular flexibility index (Phi) is 5.97. The van der Waals surface area contributed by atoms with E-state index in [2.05, 4.69) is 71.9 Å². The summed E-state index contributed by atoms with van der Waals surface area (Å²) in [5, 5.41) is 6.35. The lowest BCUT2D eigenvalue weighted by atomic mass is 9.91. The van der Waals surface area contributed by atoms with E-state index in [0.717, 1.165) is 35.3 Å². The Morgan fingerprint density at radius 1 is 1.10 bits per heavy atom. The van der Waals surface area contributed by atoms with Gasteiger partial charge in [-0.25, -0.2) is 0 Å². The Bertz CT molecular complexity index is 1060. The van der Waals surface area contributed by atoms with Crippen molar-refractivity contribution >= 4 is 34.4 Å². The molecule has 0 radical (unpaired) electrons. The number of rotatable bonds is 4. The maximum Gasteiger partial charge on any atom is 0.174 e. The summed E-state index contributed by atoms with van der Waals surface area (Å²) in [5.41, 5.74) is 5.94. The molecule has 4 rings (SSSR count). The lowest BCUT2D eigenvalue weighted by Crippen LogP contribution is -2.42. The van der Waals surface area contributed by atoms with E-state index in [1.807, 2.05) is 0 Å². The summed E-state index contributed by atoms with van der Waals surface area (Å²) in [6.45, 7) is 5.03. The zero-order chi connectivity index (χ0) is 21.3. The second kappa shape index (κ2) is 8.66. The van der Waals surface area contributed by atoms with Gasteiger partial charge < -0.3 is 19.7 Å². The molecule has 0 aliphatic carbocycles. The third kappa shape index (κ3) is 3.89. The topological polar surface area (TPSA) is 33.7 Å². The molecule has 1 aliphatic rings. The van der Waals surface area contributed by atoms with Gasteiger partial charge in [-0.3, -0.25) is 0 Å². The number of fused-ring (bicyclic) bond motifs is 1. The first kappa shape index (κ1) is 20.7. The van der Waals surface area contributed by atoms with Gasteiger partial charge in [0.05, 0.1) is 20.3 Å². The molecule has 1 N–H and O–H groups in total. The summed E-state index contributed by atoms with van der Waals surface area (Å²) in [4.78, 5) is 3.55. The van der Waals surface area contributed by atoms with Crippen LogP contribution in [0.1, 0.15) is 33.2 Å². The van der Waals surface area contributed by atoms with E-state index in [1.54, 1.807) is 25.6 Å². The van der Waals surface area contributed by atoms with Crippen LogP contribution in [0.4, 0.5) is 5.69 Å². The molecule has 4 nitrogen and oxygen atoms in total. The number of hydrogen-bond donors (Lipinski definition) is 1. The predicted molar refractivity (Wildman–Crippen MR) is 128 cm³/mol. The number of anilines is 1. The number of thiophene rings is 1. The number of hydrogen-bond acceptors (Lipinski definition) is 4. The Hall–Kier alpha value is -2.57. The summed E-state index contributed by atoms with van der Waals surface area (Å²) < 4.78 is 11.1. The number of nitrogens with one attached hydrogen (secondary N) is 1. The zero-order valence-electron chi connectivity index (χ0n) is 17.7. The van der Waals surface area contributed by atoms with Crippen molar-refractivity contribution in [3.05, 3.63) is 75.0 Å². The molecule has 0 spiro atoms. The molecule has 1 atom stereocenters. The van der Waals surface area contributed by atoms with E-state index in [0.29, 0.717) is 0 Å². The number of nitrogens with zero attached hydrogens (tertiary/aromatic N) is 1. The molecular formula is C24H26N2O2S2. The van der Waals surface area contributed by atoms with Crippen LogP contribution in [0.25, 0.3) is 0 Å². The van der Waals surface area contributed by atoms with Crippen LogP contribution in [0, 0.1) is 13.8 Å². The van der Waals surface area contributed by atoms with Gasteiger partial charge in [-0.1, -0.05) is 18.2 Å². The van der Waals surface area contributed by atoms with Crippen molar-refractivity contribution in [1.29, 1.82) is 0 Å². The number of ether oxygens (including phenoxy) is 2. The maximum absolute atomic E-state index is 5.91. The van der Waals surface area contributed by atoms with Crippen molar-refractivity contribution in [3.8, 4) is 11.5 Å². The van der Waals surface area contributed by atoms with E-state index in [9.17, 15) is 0 Å². The van der Waals surface area contributed by atoms with Gasteiger partial charge in [0.25, 0.3) is 0 Å². The van der Waals surface area contributed by atoms with Crippen molar-refractivity contribution in [1.82, 2.24) is 4.90 Å². The van der Waals surface area contributed by atoms with Gasteiger partial charge in [0.2, 0.25) is 0 Å². The number of thiocarbonyl (C=S) groups is 1. The highest BCUT2D eigenvalue weighted by atomic mass is 32.1. The standard InChI is InChI=1S/C24H26N2O2S2/c1-15-7-8-16(2)19(12-15)25-24(29)26-10-9-17-13-20(27-3)21(28-4)14-18(17)23(26)22-6-5-11-30-22/h5-8,11-14,23H,9-10H2,1-4H3,(H,25,29). The third-order valence-corrected chi connectivity index (χ3v) is 6.84. The average molecular weight is 439 g/mol. The Labute approximate surface area is 187 Å². The van der Waals surface area contributed by atoms with Crippen LogP contribution < -0.4 is 14.8 Å². The molecule has 156 valence electrons. The van der Waals surface area contributed by atoms with E-state index >= 15 is 0 Å².